The van der Waals surface area contributed by atoms with E-state index in [9.17, 15) is 4.79 Å². The van der Waals surface area contributed by atoms with E-state index in [0.29, 0.717) is 6.42 Å². The average Bonchev–Trinajstić information content (AvgIpc) is 3.32. The maximum atomic E-state index is 12.2. The zero-order chi connectivity index (χ0) is 17.9. The van der Waals surface area contributed by atoms with Crippen molar-refractivity contribution in [1.82, 2.24) is 0 Å². The third-order valence-electron chi connectivity index (χ3n) is 4.80. The zero-order valence-electron chi connectivity index (χ0n) is 13.8. The quantitative estimate of drug-likeness (QED) is 0.421. The predicted molar refractivity (Wildman–Crippen MR) is 99.1 cm³/mol. The summed E-state index contributed by atoms with van der Waals surface area (Å²) in [5.41, 5.74) is 9.14. The third-order valence-corrected chi connectivity index (χ3v) is 4.80. The Morgan fingerprint density at radius 3 is 2.36 bits per heavy atom. The van der Waals surface area contributed by atoms with Crippen LogP contribution < -0.4 is 17.4 Å². The molecule has 1 saturated carbocycles. The van der Waals surface area contributed by atoms with Crippen LogP contribution in [0.25, 0.3) is 0 Å². The maximum absolute atomic E-state index is 12.2. The lowest BCUT2D eigenvalue weighted by Gasteiger charge is -2.14. The van der Waals surface area contributed by atoms with Gasteiger partial charge in [-0.1, -0.05) is 42.5 Å². The van der Waals surface area contributed by atoms with Crippen molar-refractivity contribution >= 4 is 18.3 Å². The third kappa shape index (κ3) is 3.38. The minimum absolute atomic E-state index is 0.1000. The van der Waals surface area contributed by atoms with Crippen LogP contribution in [0.15, 0.2) is 58.7 Å². The Morgan fingerprint density at radius 2 is 1.72 bits per heavy atom. The SMILES string of the molecule is NN=Cc1cccc(CC2(C(N)=O)CC2c2cccc(C=NN)c2)c1. The largest absolute Gasteiger partial charge is 0.369 e. The summed E-state index contributed by atoms with van der Waals surface area (Å²) in [6, 6.07) is 15.7. The number of primary amides is 1. The van der Waals surface area contributed by atoms with Crippen molar-refractivity contribution in [3.05, 3.63) is 70.8 Å². The average molecular weight is 335 g/mol. The van der Waals surface area contributed by atoms with Crippen LogP contribution in [0.2, 0.25) is 0 Å². The molecule has 0 bridgehead atoms. The molecule has 6 N–H and O–H groups in total. The summed E-state index contributed by atoms with van der Waals surface area (Å²) in [4.78, 5) is 12.2. The van der Waals surface area contributed by atoms with Gasteiger partial charge in [0.1, 0.15) is 0 Å². The van der Waals surface area contributed by atoms with Gasteiger partial charge in [-0.25, -0.2) is 0 Å². The molecule has 0 heterocycles. The molecule has 0 aliphatic heterocycles. The van der Waals surface area contributed by atoms with Crippen LogP contribution in [0, 0.1) is 5.41 Å². The molecular weight excluding hydrogens is 314 g/mol. The Labute approximate surface area is 146 Å². The van der Waals surface area contributed by atoms with Crippen molar-refractivity contribution in [2.24, 2.45) is 33.0 Å². The first-order valence-electron chi connectivity index (χ1n) is 8.04. The minimum Gasteiger partial charge on any atom is -0.369 e. The summed E-state index contributed by atoms with van der Waals surface area (Å²) in [6.07, 6.45) is 4.50. The van der Waals surface area contributed by atoms with Gasteiger partial charge >= 0.3 is 0 Å². The van der Waals surface area contributed by atoms with Crippen molar-refractivity contribution in [3.8, 4) is 0 Å². The smallest absolute Gasteiger partial charge is 0.224 e. The molecule has 2 unspecified atom stereocenters. The van der Waals surface area contributed by atoms with E-state index in [1.54, 1.807) is 12.4 Å². The van der Waals surface area contributed by atoms with E-state index < -0.39 is 5.41 Å². The molecule has 1 aliphatic carbocycles. The highest BCUT2D eigenvalue weighted by atomic mass is 16.1. The van der Waals surface area contributed by atoms with Gasteiger partial charge in [-0.05, 0) is 47.1 Å². The highest BCUT2D eigenvalue weighted by Gasteiger charge is 2.59. The second kappa shape index (κ2) is 6.76. The lowest BCUT2D eigenvalue weighted by atomic mass is 9.90. The normalized spacial score (nSPS) is 22.5. The Morgan fingerprint density at radius 1 is 1.08 bits per heavy atom. The molecule has 128 valence electrons. The number of hydrogen-bond acceptors (Lipinski definition) is 5. The first-order valence-corrected chi connectivity index (χ1v) is 8.04. The van der Waals surface area contributed by atoms with Crippen LogP contribution in [0.5, 0.6) is 0 Å². The second-order valence-electron chi connectivity index (χ2n) is 6.43. The summed E-state index contributed by atoms with van der Waals surface area (Å²) >= 11 is 0. The molecule has 25 heavy (non-hydrogen) atoms. The van der Waals surface area contributed by atoms with Gasteiger partial charge in [0.25, 0.3) is 0 Å². The molecule has 2 aromatic carbocycles. The van der Waals surface area contributed by atoms with Gasteiger partial charge < -0.3 is 17.4 Å². The Bertz CT molecular complexity index is 845. The van der Waals surface area contributed by atoms with Crippen molar-refractivity contribution in [2.75, 3.05) is 0 Å². The number of hydrazone groups is 2. The highest BCUT2D eigenvalue weighted by molar-refractivity contribution is 5.87. The fourth-order valence-corrected chi connectivity index (χ4v) is 3.47. The zero-order valence-corrected chi connectivity index (χ0v) is 13.8. The molecule has 2 aromatic rings. The van der Waals surface area contributed by atoms with Gasteiger partial charge in [0, 0.05) is 0 Å². The highest BCUT2D eigenvalue weighted by Crippen LogP contribution is 2.61. The van der Waals surface area contributed by atoms with Crippen LogP contribution in [0.4, 0.5) is 0 Å². The maximum Gasteiger partial charge on any atom is 0.224 e. The van der Waals surface area contributed by atoms with E-state index in [4.69, 9.17) is 17.4 Å². The molecule has 6 heteroatoms. The van der Waals surface area contributed by atoms with Crippen molar-refractivity contribution < 1.29 is 4.79 Å². The van der Waals surface area contributed by atoms with E-state index in [1.165, 1.54) is 0 Å². The van der Waals surface area contributed by atoms with Gasteiger partial charge in [-0.2, -0.15) is 10.2 Å². The summed E-state index contributed by atoms with van der Waals surface area (Å²) in [6.45, 7) is 0. The second-order valence-corrected chi connectivity index (χ2v) is 6.43. The van der Waals surface area contributed by atoms with E-state index >= 15 is 0 Å². The predicted octanol–water partition coefficient (Wildman–Crippen LogP) is 1.47. The van der Waals surface area contributed by atoms with Gasteiger partial charge in [0.05, 0.1) is 17.8 Å². The molecule has 3 rings (SSSR count). The summed E-state index contributed by atoms with van der Waals surface area (Å²) in [7, 11) is 0. The van der Waals surface area contributed by atoms with Gasteiger partial charge in [0.15, 0.2) is 0 Å². The lowest BCUT2D eigenvalue weighted by Crippen LogP contribution is -2.28. The van der Waals surface area contributed by atoms with E-state index in [2.05, 4.69) is 10.2 Å². The molecule has 0 spiro atoms. The molecule has 0 saturated heterocycles. The Balaban J connectivity index is 1.87. The molecule has 1 aliphatic rings. The number of amides is 1. The summed E-state index contributed by atoms with van der Waals surface area (Å²) in [5, 5.41) is 7.10. The van der Waals surface area contributed by atoms with Crippen molar-refractivity contribution in [2.45, 2.75) is 18.8 Å². The van der Waals surface area contributed by atoms with E-state index in [1.807, 2.05) is 48.5 Å². The fraction of sp³-hybridized carbons (Fsp3) is 0.211. The number of nitrogens with zero attached hydrogens (tertiary/aromatic N) is 2. The molecule has 2 atom stereocenters. The number of rotatable bonds is 6. The van der Waals surface area contributed by atoms with Crippen LogP contribution in [0.3, 0.4) is 0 Å². The van der Waals surface area contributed by atoms with Crippen LogP contribution in [-0.2, 0) is 11.2 Å². The van der Waals surface area contributed by atoms with Gasteiger partial charge in [0.2, 0.25) is 5.91 Å². The van der Waals surface area contributed by atoms with Gasteiger partial charge in [-0.3, -0.25) is 4.79 Å². The van der Waals surface area contributed by atoms with E-state index in [0.717, 1.165) is 28.7 Å². The standard InChI is InChI=1S/C19H21N5O/c20-18(25)19(9-13-3-1-4-14(7-13)11-23-21)10-17(19)16-6-2-5-15(8-16)12-24-22/h1-8,11-12,17H,9-10,21-22H2,(H2,20,25). The first kappa shape index (κ1) is 16.7. The van der Waals surface area contributed by atoms with E-state index in [-0.39, 0.29) is 11.8 Å². The molecular formula is C19H21N5O. The van der Waals surface area contributed by atoms with Crippen molar-refractivity contribution in [1.29, 1.82) is 0 Å². The number of nitrogens with two attached hydrogens (primary N) is 3. The molecule has 1 fully saturated rings. The molecule has 6 nitrogen and oxygen atoms in total. The van der Waals surface area contributed by atoms with Crippen LogP contribution >= 0.6 is 0 Å². The van der Waals surface area contributed by atoms with Crippen LogP contribution in [-0.4, -0.2) is 18.3 Å². The Hall–Kier alpha value is -3.15. The number of hydrogen-bond donors (Lipinski definition) is 3. The fourth-order valence-electron chi connectivity index (χ4n) is 3.47. The lowest BCUT2D eigenvalue weighted by molar-refractivity contribution is -0.123. The molecule has 1 amide bonds. The molecule has 0 aromatic heterocycles. The first-order chi connectivity index (χ1) is 12.1. The topological polar surface area (TPSA) is 120 Å². The summed E-state index contributed by atoms with van der Waals surface area (Å²) in [5.74, 6) is 10.3. The monoisotopic (exact) mass is 335 g/mol. The van der Waals surface area contributed by atoms with Crippen molar-refractivity contribution in [3.63, 3.8) is 0 Å². The van der Waals surface area contributed by atoms with Crippen LogP contribution in [0.1, 0.15) is 34.6 Å². The minimum atomic E-state index is -0.559. The number of carbonyl (C=O) groups is 1. The Kier molecular flexibility index (Phi) is 4.52. The number of benzene rings is 2. The molecule has 0 radical (unpaired) electrons. The van der Waals surface area contributed by atoms with Gasteiger partial charge in [-0.15, -0.1) is 0 Å². The number of carbonyl (C=O) groups excluding carboxylic acids is 1. The summed E-state index contributed by atoms with van der Waals surface area (Å²) < 4.78 is 0.